The number of aromatic nitrogens is 2. The summed E-state index contributed by atoms with van der Waals surface area (Å²) in [4.78, 5) is 24.1. The van der Waals surface area contributed by atoms with E-state index in [1.165, 1.54) is 0 Å². The van der Waals surface area contributed by atoms with Crippen molar-refractivity contribution in [2.75, 3.05) is 24.6 Å². The molecule has 1 saturated heterocycles. The summed E-state index contributed by atoms with van der Waals surface area (Å²) in [7, 11) is 0. The summed E-state index contributed by atoms with van der Waals surface area (Å²) in [5.74, 6) is -0.0230. The number of rotatable bonds is 8. The molecule has 0 aliphatic carbocycles. The van der Waals surface area contributed by atoms with Crippen molar-refractivity contribution in [1.82, 2.24) is 9.97 Å². The molecule has 1 fully saturated rings. The number of anilines is 1. The molecule has 3 rings (SSSR count). The summed E-state index contributed by atoms with van der Waals surface area (Å²) in [6, 6.07) is 1.95. The predicted octanol–water partition coefficient (Wildman–Crippen LogP) is 6.36. The lowest BCUT2D eigenvalue weighted by Crippen LogP contribution is -2.39. The first-order valence-electron chi connectivity index (χ1n) is 12.9. The molecule has 7 heteroatoms. The third-order valence-electron chi connectivity index (χ3n) is 6.62. The number of pyridine rings is 2. The topological polar surface area (TPSA) is 84.8 Å². The maximum atomic E-state index is 12.6. The lowest BCUT2D eigenvalue weighted by molar-refractivity contribution is -0.160. The molecular weight excluding hydrogens is 454 g/mol. The van der Waals surface area contributed by atoms with Gasteiger partial charge in [0.15, 0.2) is 6.10 Å². The van der Waals surface area contributed by atoms with Gasteiger partial charge < -0.3 is 19.5 Å². The second-order valence-electron chi connectivity index (χ2n) is 12.2. The van der Waals surface area contributed by atoms with Crippen LogP contribution in [0.3, 0.4) is 0 Å². The Morgan fingerprint density at radius 2 is 1.72 bits per heavy atom. The van der Waals surface area contributed by atoms with Gasteiger partial charge in [0.1, 0.15) is 0 Å². The van der Waals surface area contributed by atoms with Gasteiger partial charge in [0, 0.05) is 53.9 Å². The molecule has 198 valence electrons. The molecular formula is C29H43N3O4. The molecule has 1 atom stereocenters. The van der Waals surface area contributed by atoms with Gasteiger partial charge in [0.05, 0.1) is 17.9 Å². The quantitative estimate of drug-likeness (QED) is 0.454. The van der Waals surface area contributed by atoms with E-state index in [-0.39, 0.29) is 5.41 Å². The van der Waals surface area contributed by atoms with Crippen LogP contribution in [0.15, 0.2) is 18.5 Å². The van der Waals surface area contributed by atoms with Crippen molar-refractivity contribution in [2.45, 2.75) is 86.9 Å². The molecule has 7 nitrogen and oxygen atoms in total. The number of nitrogens with zero attached hydrogens (tertiary/aromatic N) is 3. The van der Waals surface area contributed by atoms with Crippen LogP contribution in [0.5, 0.6) is 5.88 Å². The lowest BCUT2D eigenvalue weighted by atomic mass is 9.82. The van der Waals surface area contributed by atoms with Crippen molar-refractivity contribution in [1.29, 1.82) is 0 Å². The zero-order valence-corrected chi connectivity index (χ0v) is 23.4. The van der Waals surface area contributed by atoms with Crippen LogP contribution in [0, 0.1) is 25.2 Å². The summed E-state index contributed by atoms with van der Waals surface area (Å²) < 4.78 is 12.0. The van der Waals surface area contributed by atoms with Gasteiger partial charge >= 0.3 is 5.97 Å². The molecule has 0 radical (unpaired) electrons. The molecule has 36 heavy (non-hydrogen) atoms. The van der Waals surface area contributed by atoms with Crippen LogP contribution >= 0.6 is 0 Å². The van der Waals surface area contributed by atoms with Crippen molar-refractivity contribution < 1.29 is 19.4 Å². The minimum absolute atomic E-state index is 0.250. The molecule has 2 aromatic heterocycles. The highest BCUT2D eigenvalue weighted by Crippen LogP contribution is 2.44. The van der Waals surface area contributed by atoms with E-state index in [0.29, 0.717) is 29.7 Å². The van der Waals surface area contributed by atoms with Crippen molar-refractivity contribution in [3.8, 4) is 17.0 Å². The van der Waals surface area contributed by atoms with Gasteiger partial charge in [-0.05, 0) is 64.4 Å². The van der Waals surface area contributed by atoms with Gasteiger partial charge in [-0.15, -0.1) is 0 Å². The number of hydrogen-bond donors (Lipinski definition) is 1. The zero-order valence-electron chi connectivity index (χ0n) is 23.4. The van der Waals surface area contributed by atoms with Gasteiger partial charge in [0.2, 0.25) is 5.88 Å². The predicted molar refractivity (Wildman–Crippen MR) is 144 cm³/mol. The molecule has 0 saturated carbocycles. The molecule has 1 aliphatic heterocycles. The molecule has 3 heterocycles. The Bertz CT molecular complexity index is 1080. The SMILES string of the molecule is Cc1cc(OCC(C)C)ncc1-c1cnc(C)c(C(OC(C)(C)C)C(=O)O)c1N1CCC(C)(C)CC1. The van der Waals surface area contributed by atoms with Crippen LogP contribution in [0.1, 0.15) is 84.2 Å². The Hall–Kier alpha value is -2.67. The van der Waals surface area contributed by atoms with E-state index in [2.05, 4.69) is 42.6 Å². The minimum atomic E-state index is -1.13. The van der Waals surface area contributed by atoms with Crippen LogP contribution in [-0.4, -0.2) is 46.3 Å². The Morgan fingerprint density at radius 3 is 2.25 bits per heavy atom. The molecule has 2 aromatic rings. The average molecular weight is 498 g/mol. The first-order valence-corrected chi connectivity index (χ1v) is 12.9. The van der Waals surface area contributed by atoms with Crippen LogP contribution in [0.25, 0.3) is 11.1 Å². The van der Waals surface area contributed by atoms with Crippen molar-refractivity contribution in [3.63, 3.8) is 0 Å². The van der Waals surface area contributed by atoms with E-state index in [1.807, 2.05) is 53.1 Å². The van der Waals surface area contributed by atoms with Crippen molar-refractivity contribution in [3.05, 3.63) is 35.3 Å². The van der Waals surface area contributed by atoms with E-state index in [0.717, 1.165) is 48.3 Å². The first-order chi connectivity index (χ1) is 16.7. The van der Waals surface area contributed by atoms with Gasteiger partial charge in [-0.2, -0.15) is 0 Å². The third kappa shape index (κ3) is 6.75. The number of carbonyl (C=O) groups is 1. The van der Waals surface area contributed by atoms with E-state index in [9.17, 15) is 9.90 Å². The fourth-order valence-electron chi connectivity index (χ4n) is 4.53. The molecule has 1 N–H and O–H groups in total. The third-order valence-corrected chi connectivity index (χ3v) is 6.62. The molecule has 1 aliphatic rings. The van der Waals surface area contributed by atoms with Crippen LogP contribution in [-0.2, 0) is 9.53 Å². The summed E-state index contributed by atoms with van der Waals surface area (Å²) >= 11 is 0. The number of aryl methyl sites for hydroxylation is 2. The summed E-state index contributed by atoms with van der Waals surface area (Å²) in [5, 5.41) is 10.3. The second-order valence-corrected chi connectivity index (χ2v) is 12.2. The zero-order chi connectivity index (χ0) is 26.8. The number of aliphatic carboxylic acids is 1. The highest BCUT2D eigenvalue weighted by Gasteiger charge is 2.36. The summed E-state index contributed by atoms with van der Waals surface area (Å²) in [6.45, 7) is 20.6. The monoisotopic (exact) mass is 497 g/mol. The lowest BCUT2D eigenvalue weighted by Gasteiger charge is -2.41. The van der Waals surface area contributed by atoms with E-state index in [4.69, 9.17) is 9.47 Å². The standard InChI is InChI=1S/C29H43N3O4/c1-18(2)17-35-23-14-19(3)21(15-31-23)22-16-30-20(4)24(26(27(33)34)36-28(5,6)7)25(22)32-12-10-29(8,9)11-13-32/h14-16,18,26H,10-13,17H2,1-9H3,(H,33,34). The van der Waals surface area contributed by atoms with E-state index in [1.54, 1.807) is 0 Å². The highest BCUT2D eigenvalue weighted by molar-refractivity contribution is 5.87. The maximum absolute atomic E-state index is 12.6. The summed E-state index contributed by atoms with van der Waals surface area (Å²) in [6.07, 6.45) is 4.57. The van der Waals surface area contributed by atoms with Gasteiger partial charge in [-0.1, -0.05) is 27.7 Å². The Kier molecular flexibility index (Phi) is 8.33. The number of piperidine rings is 1. The molecule has 0 spiro atoms. The Balaban J connectivity index is 2.19. The van der Waals surface area contributed by atoms with Crippen LogP contribution < -0.4 is 9.64 Å². The summed E-state index contributed by atoms with van der Waals surface area (Å²) in [5.41, 5.74) is 4.57. The maximum Gasteiger partial charge on any atom is 0.337 e. The number of carboxylic acid groups (broad SMARTS) is 1. The largest absolute Gasteiger partial charge is 0.479 e. The van der Waals surface area contributed by atoms with Crippen molar-refractivity contribution >= 4 is 11.7 Å². The number of hydrogen-bond acceptors (Lipinski definition) is 6. The number of ether oxygens (including phenoxy) is 2. The Morgan fingerprint density at radius 1 is 1.11 bits per heavy atom. The van der Waals surface area contributed by atoms with Crippen molar-refractivity contribution in [2.24, 2.45) is 11.3 Å². The smallest absolute Gasteiger partial charge is 0.337 e. The normalized spacial score (nSPS) is 16.8. The highest BCUT2D eigenvalue weighted by atomic mass is 16.5. The first kappa shape index (κ1) is 27.9. The molecule has 0 aromatic carbocycles. The molecule has 0 bridgehead atoms. The Labute approximate surface area is 216 Å². The number of carboxylic acids is 1. The van der Waals surface area contributed by atoms with E-state index >= 15 is 0 Å². The fourth-order valence-corrected chi connectivity index (χ4v) is 4.53. The van der Waals surface area contributed by atoms with Gasteiger partial charge in [-0.25, -0.2) is 9.78 Å². The van der Waals surface area contributed by atoms with Crippen LogP contribution in [0.4, 0.5) is 5.69 Å². The van der Waals surface area contributed by atoms with E-state index < -0.39 is 17.7 Å². The fraction of sp³-hybridized carbons (Fsp3) is 0.621. The minimum Gasteiger partial charge on any atom is -0.479 e. The van der Waals surface area contributed by atoms with Gasteiger partial charge in [-0.3, -0.25) is 4.98 Å². The second kappa shape index (κ2) is 10.8. The molecule has 0 amide bonds. The van der Waals surface area contributed by atoms with Crippen LogP contribution in [0.2, 0.25) is 0 Å². The average Bonchev–Trinajstić information content (AvgIpc) is 2.76. The molecule has 1 unspecified atom stereocenters. The van der Waals surface area contributed by atoms with Gasteiger partial charge in [0.25, 0.3) is 0 Å².